The molecule has 0 N–H and O–H groups in total. The standard InChI is InChI=1S/C14H23IN2O/c1-5-11-13(15)12(6-2)17(16-11)9-10-7-8-14(3,4)18-10/h10H,5-9H2,1-4H3. The summed E-state index contributed by atoms with van der Waals surface area (Å²) < 4.78 is 9.59. The van der Waals surface area contributed by atoms with E-state index < -0.39 is 0 Å². The molecule has 1 aromatic rings. The van der Waals surface area contributed by atoms with E-state index in [1.165, 1.54) is 15.0 Å². The fourth-order valence-corrected chi connectivity index (χ4v) is 3.79. The van der Waals surface area contributed by atoms with Crippen LogP contribution in [0.3, 0.4) is 0 Å². The average molecular weight is 362 g/mol. The Morgan fingerprint density at radius 1 is 1.39 bits per heavy atom. The molecule has 1 atom stereocenters. The van der Waals surface area contributed by atoms with Crippen molar-refractivity contribution in [3.05, 3.63) is 15.0 Å². The average Bonchev–Trinajstić information content (AvgIpc) is 2.79. The molecule has 0 spiro atoms. The highest BCUT2D eigenvalue weighted by atomic mass is 127. The number of aromatic nitrogens is 2. The third kappa shape index (κ3) is 2.90. The van der Waals surface area contributed by atoms with Crippen LogP contribution in [0.1, 0.15) is 51.9 Å². The summed E-state index contributed by atoms with van der Waals surface area (Å²) in [4.78, 5) is 0. The number of hydrogen-bond acceptors (Lipinski definition) is 2. The van der Waals surface area contributed by atoms with Crippen molar-refractivity contribution in [1.82, 2.24) is 9.78 Å². The summed E-state index contributed by atoms with van der Waals surface area (Å²) >= 11 is 2.43. The minimum atomic E-state index is 0.0466. The van der Waals surface area contributed by atoms with Gasteiger partial charge >= 0.3 is 0 Å². The van der Waals surface area contributed by atoms with Gasteiger partial charge in [-0.25, -0.2) is 0 Å². The van der Waals surface area contributed by atoms with Crippen LogP contribution < -0.4 is 0 Å². The molecule has 1 aliphatic heterocycles. The summed E-state index contributed by atoms with van der Waals surface area (Å²) in [5, 5.41) is 4.74. The smallest absolute Gasteiger partial charge is 0.0779 e. The quantitative estimate of drug-likeness (QED) is 0.766. The van der Waals surface area contributed by atoms with E-state index in [9.17, 15) is 0 Å². The van der Waals surface area contributed by atoms with Crippen LogP contribution in [-0.4, -0.2) is 21.5 Å². The Labute approximate surface area is 123 Å². The maximum Gasteiger partial charge on any atom is 0.0779 e. The molecule has 1 unspecified atom stereocenters. The molecule has 1 aliphatic rings. The van der Waals surface area contributed by atoms with Crippen LogP contribution in [0, 0.1) is 3.57 Å². The number of aryl methyl sites for hydroxylation is 1. The highest BCUT2D eigenvalue weighted by molar-refractivity contribution is 14.1. The van der Waals surface area contributed by atoms with Crippen LogP contribution in [0.15, 0.2) is 0 Å². The molecule has 2 heterocycles. The van der Waals surface area contributed by atoms with E-state index in [4.69, 9.17) is 9.84 Å². The third-order valence-electron chi connectivity index (χ3n) is 3.66. The Kier molecular flexibility index (Phi) is 4.36. The molecule has 3 nitrogen and oxygen atoms in total. The molecule has 1 aromatic heterocycles. The van der Waals surface area contributed by atoms with Gasteiger partial charge in [0, 0.05) is 0 Å². The number of ether oxygens (including phenoxy) is 1. The molecule has 0 amide bonds. The molecule has 0 aromatic carbocycles. The second-order valence-electron chi connectivity index (χ2n) is 5.63. The summed E-state index contributed by atoms with van der Waals surface area (Å²) in [7, 11) is 0. The molecule has 102 valence electrons. The summed E-state index contributed by atoms with van der Waals surface area (Å²) in [6.45, 7) is 9.64. The van der Waals surface area contributed by atoms with E-state index in [2.05, 4.69) is 55.0 Å². The normalized spacial score (nSPS) is 22.6. The summed E-state index contributed by atoms with van der Waals surface area (Å²) in [5.41, 5.74) is 2.63. The van der Waals surface area contributed by atoms with Crippen LogP contribution >= 0.6 is 22.6 Å². The molecule has 0 aliphatic carbocycles. The van der Waals surface area contributed by atoms with E-state index in [1.807, 2.05) is 0 Å². The first-order valence-corrected chi connectivity index (χ1v) is 7.96. The molecular weight excluding hydrogens is 339 g/mol. The van der Waals surface area contributed by atoms with Crippen LogP contribution in [0.2, 0.25) is 0 Å². The first-order valence-electron chi connectivity index (χ1n) is 6.88. The maximum absolute atomic E-state index is 6.07. The van der Waals surface area contributed by atoms with Gasteiger partial charge in [-0.15, -0.1) is 0 Å². The fourth-order valence-electron chi connectivity index (χ4n) is 2.64. The second kappa shape index (κ2) is 5.49. The van der Waals surface area contributed by atoms with Gasteiger partial charge < -0.3 is 4.74 Å². The van der Waals surface area contributed by atoms with Crippen molar-refractivity contribution in [2.75, 3.05) is 0 Å². The van der Waals surface area contributed by atoms with E-state index in [1.54, 1.807) is 0 Å². The highest BCUT2D eigenvalue weighted by Gasteiger charge is 2.32. The van der Waals surface area contributed by atoms with Crippen molar-refractivity contribution in [1.29, 1.82) is 0 Å². The van der Waals surface area contributed by atoms with Crippen molar-refractivity contribution >= 4 is 22.6 Å². The predicted octanol–water partition coefficient (Wildman–Crippen LogP) is 3.57. The molecule has 0 bridgehead atoms. The van der Waals surface area contributed by atoms with E-state index in [0.717, 1.165) is 32.2 Å². The Bertz CT molecular complexity index is 426. The Hall–Kier alpha value is -0.100. The van der Waals surface area contributed by atoms with Gasteiger partial charge in [0.05, 0.1) is 33.2 Å². The van der Waals surface area contributed by atoms with Crippen molar-refractivity contribution < 1.29 is 4.74 Å². The molecule has 4 heteroatoms. The fraction of sp³-hybridized carbons (Fsp3) is 0.786. The summed E-state index contributed by atoms with van der Waals surface area (Å²) in [6, 6.07) is 0. The molecule has 18 heavy (non-hydrogen) atoms. The minimum Gasteiger partial charge on any atom is -0.370 e. The van der Waals surface area contributed by atoms with Gasteiger partial charge in [-0.2, -0.15) is 5.10 Å². The lowest BCUT2D eigenvalue weighted by Crippen LogP contribution is -2.24. The number of halogens is 1. The third-order valence-corrected chi connectivity index (χ3v) is 4.91. The zero-order chi connectivity index (χ0) is 13.3. The SMILES string of the molecule is CCc1nn(CC2CCC(C)(C)O2)c(CC)c1I. The number of rotatable bonds is 4. The monoisotopic (exact) mass is 362 g/mol. The number of nitrogens with zero attached hydrogens (tertiary/aromatic N) is 2. The van der Waals surface area contributed by atoms with Gasteiger partial charge in [-0.05, 0) is 62.1 Å². The maximum atomic E-state index is 6.07. The molecule has 0 saturated carbocycles. The van der Waals surface area contributed by atoms with Gasteiger partial charge in [0.25, 0.3) is 0 Å². The van der Waals surface area contributed by atoms with Gasteiger partial charge in [0.15, 0.2) is 0 Å². The molecule has 1 saturated heterocycles. The van der Waals surface area contributed by atoms with Crippen LogP contribution in [0.5, 0.6) is 0 Å². The predicted molar refractivity (Wildman–Crippen MR) is 81.9 cm³/mol. The summed E-state index contributed by atoms with van der Waals surface area (Å²) in [6.07, 6.45) is 4.67. The number of hydrogen-bond donors (Lipinski definition) is 0. The first-order chi connectivity index (χ1) is 8.46. The minimum absolute atomic E-state index is 0.0466. The summed E-state index contributed by atoms with van der Waals surface area (Å²) in [5.74, 6) is 0. The second-order valence-corrected chi connectivity index (χ2v) is 6.71. The van der Waals surface area contributed by atoms with E-state index in [0.29, 0.717) is 6.10 Å². The van der Waals surface area contributed by atoms with Gasteiger partial charge in [0.2, 0.25) is 0 Å². The first kappa shape index (κ1) is 14.3. The van der Waals surface area contributed by atoms with E-state index in [-0.39, 0.29) is 5.60 Å². The van der Waals surface area contributed by atoms with E-state index >= 15 is 0 Å². The van der Waals surface area contributed by atoms with Gasteiger partial charge in [-0.1, -0.05) is 13.8 Å². The van der Waals surface area contributed by atoms with Crippen molar-refractivity contribution in [3.8, 4) is 0 Å². The van der Waals surface area contributed by atoms with Crippen molar-refractivity contribution in [2.24, 2.45) is 0 Å². The molecule has 1 fully saturated rings. The molecule has 0 radical (unpaired) electrons. The van der Waals surface area contributed by atoms with Crippen LogP contribution in [0.4, 0.5) is 0 Å². The molecular formula is C14H23IN2O. The topological polar surface area (TPSA) is 27.1 Å². The van der Waals surface area contributed by atoms with Gasteiger partial charge in [0.1, 0.15) is 0 Å². The lowest BCUT2D eigenvalue weighted by molar-refractivity contribution is -0.0233. The zero-order valence-corrected chi connectivity index (χ0v) is 14.0. The Balaban J connectivity index is 2.14. The largest absolute Gasteiger partial charge is 0.370 e. The Morgan fingerprint density at radius 2 is 2.11 bits per heavy atom. The highest BCUT2D eigenvalue weighted by Crippen LogP contribution is 2.30. The Morgan fingerprint density at radius 3 is 2.61 bits per heavy atom. The molecule has 2 rings (SSSR count). The van der Waals surface area contributed by atoms with Crippen LogP contribution in [-0.2, 0) is 24.1 Å². The lowest BCUT2D eigenvalue weighted by atomic mass is 10.1. The lowest BCUT2D eigenvalue weighted by Gasteiger charge is -2.19. The zero-order valence-electron chi connectivity index (χ0n) is 11.8. The van der Waals surface area contributed by atoms with Crippen LogP contribution in [0.25, 0.3) is 0 Å². The van der Waals surface area contributed by atoms with Crippen molar-refractivity contribution in [2.45, 2.75) is 71.6 Å². The van der Waals surface area contributed by atoms with Crippen molar-refractivity contribution in [3.63, 3.8) is 0 Å². The van der Waals surface area contributed by atoms with Gasteiger partial charge in [-0.3, -0.25) is 4.68 Å².